The first-order chi connectivity index (χ1) is 9.97. The van der Waals surface area contributed by atoms with E-state index in [1.807, 2.05) is 0 Å². The Hall–Kier alpha value is -1.96. The van der Waals surface area contributed by atoms with Crippen LogP contribution in [0.4, 0.5) is 23.8 Å². The molecular formula is C13H13ClF3N3O2. The van der Waals surface area contributed by atoms with Gasteiger partial charge in [0, 0.05) is 6.20 Å². The molecule has 0 unspecified atom stereocenters. The van der Waals surface area contributed by atoms with Crippen molar-refractivity contribution in [3.63, 3.8) is 0 Å². The number of alkyl halides is 3. The van der Waals surface area contributed by atoms with Gasteiger partial charge in [-0.3, -0.25) is 9.72 Å². The molecule has 1 amide bonds. The molecule has 2 rings (SSSR count). The van der Waals surface area contributed by atoms with E-state index < -0.39 is 23.4 Å². The van der Waals surface area contributed by atoms with Gasteiger partial charge in [0.15, 0.2) is 11.0 Å². The maximum Gasteiger partial charge on any atom is 0.417 e. The number of aromatic nitrogens is 2. The molecule has 0 saturated carbocycles. The molecule has 1 N–H and O–H groups in total. The Morgan fingerprint density at radius 1 is 1.32 bits per heavy atom. The number of carbonyl (C=O) groups excluding carboxylic acids is 1. The highest BCUT2D eigenvalue weighted by Gasteiger charge is 2.31. The summed E-state index contributed by atoms with van der Waals surface area (Å²) >= 11 is 5.96. The number of nitrogens with one attached hydrogen (secondary N) is 1. The topological polar surface area (TPSA) is 55.6 Å². The molecule has 0 aromatic carbocycles. The summed E-state index contributed by atoms with van der Waals surface area (Å²) in [7, 11) is 0. The van der Waals surface area contributed by atoms with Crippen molar-refractivity contribution in [1.82, 2.24) is 9.38 Å². The number of imidazole rings is 1. The fourth-order valence-corrected chi connectivity index (χ4v) is 1.89. The largest absolute Gasteiger partial charge is 0.444 e. The van der Waals surface area contributed by atoms with Crippen LogP contribution >= 0.6 is 11.6 Å². The van der Waals surface area contributed by atoms with Crippen LogP contribution < -0.4 is 5.32 Å². The predicted molar refractivity (Wildman–Crippen MR) is 75.1 cm³/mol. The van der Waals surface area contributed by atoms with Crippen molar-refractivity contribution in [3.8, 4) is 0 Å². The quantitative estimate of drug-likeness (QED) is 0.842. The maximum absolute atomic E-state index is 12.7. The van der Waals surface area contributed by atoms with E-state index in [-0.39, 0.29) is 16.6 Å². The molecule has 0 aliphatic rings. The van der Waals surface area contributed by atoms with Gasteiger partial charge in [-0.15, -0.1) is 0 Å². The molecule has 0 aliphatic heterocycles. The number of nitrogens with zero attached hydrogens (tertiary/aromatic N) is 2. The van der Waals surface area contributed by atoms with Crippen LogP contribution in [0.1, 0.15) is 26.3 Å². The Labute approximate surface area is 129 Å². The number of halogens is 4. The minimum Gasteiger partial charge on any atom is -0.444 e. The summed E-state index contributed by atoms with van der Waals surface area (Å²) in [6.07, 6.45) is -4.49. The first-order valence-corrected chi connectivity index (χ1v) is 6.60. The van der Waals surface area contributed by atoms with E-state index in [2.05, 4.69) is 10.3 Å². The number of amides is 1. The number of hydrogen-bond acceptors (Lipinski definition) is 3. The lowest BCUT2D eigenvalue weighted by Crippen LogP contribution is -2.27. The molecule has 9 heteroatoms. The third-order valence-electron chi connectivity index (χ3n) is 2.51. The van der Waals surface area contributed by atoms with Gasteiger partial charge < -0.3 is 4.74 Å². The minimum absolute atomic E-state index is 0.0739. The third-order valence-corrected chi connectivity index (χ3v) is 2.87. The monoisotopic (exact) mass is 335 g/mol. The smallest absolute Gasteiger partial charge is 0.417 e. The first-order valence-electron chi connectivity index (χ1n) is 6.22. The van der Waals surface area contributed by atoms with Gasteiger partial charge in [0.1, 0.15) is 11.2 Å². The highest BCUT2D eigenvalue weighted by atomic mass is 35.5. The summed E-state index contributed by atoms with van der Waals surface area (Å²) in [5, 5.41) is 2.16. The molecule has 120 valence electrons. The number of anilines is 1. The second kappa shape index (κ2) is 5.35. The Balaban J connectivity index is 2.33. The Morgan fingerprint density at radius 2 is 1.95 bits per heavy atom. The second-order valence-corrected chi connectivity index (χ2v) is 5.88. The molecule has 5 nitrogen and oxygen atoms in total. The van der Waals surface area contributed by atoms with Gasteiger partial charge in [0.05, 0.1) is 5.56 Å². The van der Waals surface area contributed by atoms with Crippen LogP contribution in [0, 0.1) is 0 Å². The van der Waals surface area contributed by atoms with Crippen molar-refractivity contribution < 1.29 is 22.7 Å². The maximum atomic E-state index is 12.7. The fraction of sp³-hybridized carbons (Fsp3) is 0.385. The Bertz CT molecular complexity index is 720. The van der Waals surface area contributed by atoms with Crippen LogP contribution in [0.2, 0.25) is 5.15 Å². The second-order valence-electron chi connectivity index (χ2n) is 5.52. The fourth-order valence-electron chi connectivity index (χ4n) is 1.66. The van der Waals surface area contributed by atoms with E-state index in [4.69, 9.17) is 16.3 Å². The summed E-state index contributed by atoms with van der Waals surface area (Å²) in [5.74, 6) is -0.0739. The lowest BCUT2D eigenvalue weighted by Gasteiger charge is -2.19. The zero-order valence-electron chi connectivity index (χ0n) is 12.0. The van der Waals surface area contributed by atoms with E-state index >= 15 is 0 Å². The van der Waals surface area contributed by atoms with Crippen molar-refractivity contribution in [3.05, 3.63) is 29.0 Å². The van der Waals surface area contributed by atoms with Crippen LogP contribution in [-0.2, 0) is 10.9 Å². The number of hydrogen-bond donors (Lipinski definition) is 1. The summed E-state index contributed by atoms with van der Waals surface area (Å²) in [5.41, 5.74) is -1.42. The molecule has 0 radical (unpaired) electrons. The standard InChI is InChI=1S/C13H13ClF3N3O2/c1-12(2,3)22-11(21)19-10-9(14)20-6-7(13(15,16)17)4-5-8(20)18-10/h4-6H,1-3H3,(H,19,21). The molecule has 0 bridgehead atoms. The van der Waals surface area contributed by atoms with E-state index in [0.717, 1.165) is 22.7 Å². The SMILES string of the molecule is CC(C)(C)OC(=O)Nc1nc2ccc(C(F)(F)F)cn2c1Cl. The highest BCUT2D eigenvalue weighted by molar-refractivity contribution is 6.32. The van der Waals surface area contributed by atoms with Gasteiger partial charge in [-0.05, 0) is 32.9 Å². The summed E-state index contributed by atoms with van der Waals surface area (Å²) in [4.78, 5) is 15.6. The van der Waals surface area contributed by atoms with Crippen molar-refractivity contribution in [1.29, 1.82) is 0 Å². The van der Waals surface area contributed by atoms with Gasteiger partial charge in [-0.2, -0.15) is 13.2 Å². The van der Waals surface area contributed by atoms with E-state index in [1.165, 1.54) is 0 Å². The van der Waals surface area contributed by atoms with Crippen LogP contribution in [0.25, 0.3) is 5.65 Å². The lowest BCUT2D eigenvalue weighted by molar-refractivity contribution is -0.137. The number of fused-ring (bicyclic) bond motifs is 1. The summed E-state index contributed by atoms with van der Waals surface area (Å²) in [6.45, 7) is 5.02. The number of carbonyl (C=O) groups is 1. The molecule has 2 aromatic rings. The van der Waals surface area contributed by atoms with E-state index in [1.54, 1.807) is 20.8 Å². The normalized spacial score (nSPS) is 12.5. The highest BCUT2D eigenvalue weighted by Crippen LogP contribution is 2.31. The molecule has 2 aromatic heterocycles. The van der Waals surface area contributed by atoms with Gasteiger partial charge in [0.25, 0.3) is 0 Å². The lowest BCUT2D eigenvalue weighted by atomic mass is 10.2. The zero-order valence-corrected chi connectivity index (χ0v) is 12.7. The van der Waals surface area contributed by atoms with Crippen LogP contribution in [0.3, 0.4) is 0 Å². The van der Waals surface area contributed by atoms with Gasteiger partial charge in [0.2, 0.25) is 0 Å². The van der Waals surface area contributed by atoms with Gasteiger partial charge in [-0.1, -0.05) is 11.6 Å². The predicted octanol–water partition coefficient (Wildman–Crippen LogP) is 4.35. The van der Waals surface area contributed by atoms with Crippen LogP contribution in [0.5, 0.6) is 0 Å². The van der Waals surface area contributed by atoms with E-state index in [9.17, 15) is 18.0 Å². The van der Waals surface area contributed by atoms with Gasteiger partial charge >= 0.3 is 12.3 Å². The van der Waals surface area contributed by atoms with Crippen molar-refractivity contribution in [2.24, 2.45) is 0 Å². The minimum atomic E-state index is -4.50. The Morgan fingerprint density at radius 3 is 2.50 bits per heavy atom. The molecule has 22 heavy (non-hydrogen) atoms. The number of pyridine rings is 1. The average molecular weight is 336 g/mol. The molecule has 0 fully saturated rings. The average Bonchev–Trinajstić information content (AvgIpc) is 2.62. The third kappa shape index (κ3) is 3.62. The molecule has 0 saturated heterocycles. The van der Waals surface area contributed by atoms with Crippen molar-refractivity contribution in [2.45, 2.75) is 32.5 Å². The van der Waals surface area contributed by atoms with Crippen LogP contribution in [0.15, 0.2) is 18.3 Å². The molecule has 2 heterocycles. The molecule has 0 atom stereocenters. The molecular weight excluding hydrogens is 323 g/mol. The van der Waals surface area contributed by atoms with Gasteiger partial charge in [-0.25, -0.2) is 9.78 Å². The number of ether oxygens (including phenoxy) is 1. The van der Waals surface area contributed by atoms with Crippen LogP contribution in [-0.4, -0.2) is 21.1 Å². The van der Waals surface area contributed by atoms with E-state index in [0.29, 0.717) is 0 Å². The zero-order chi connectivity index (χ0) is 16.7. The van der Waals surface area contributed by atoms with Crippen molar-refractivity contribution >= 4 is 29.2 Å². The summed E-state index contributed by atoms with van der Waals surface area (Å²) in [6, 6.07) is 2.05. The molecule has 0 spiro atoms. The summed E-state index contributed by atoms with van der Waals surface area (Å²) < 4.78 is 44.1. The number of rotatable bonds is 1. The Kier molecular flexibility index (Phi) is 3.99. The first kappa shape index (κ1) is 16.4. The van der Waals surface area contributed by atoms with Crippen molar-refractivity contribution in [2.75, 3.05) is 5.32 Å². The molecule has 0 aliphatic carbocycles.